The van der Waals surface area contributed by atoms with Crippen molar-refractivity contribution in [2.75, 3.05) is 6.61 Å². The van der Waals surface area contributed by atoms with Crippen LogP contribution in [-0.4, -0.2) is 59.5 Å². The Morgan fingerprint density at radius 3 is 0.552 bits per heavy atom. The monoisotopic (exact) mass is 1460 g/mol. The predicted molar refractivity (Wildman–Crippen MR) is 413 cm³/mol. The Labute approximate surface area is 628 Å². The number of aliphatic carboxylic acids is 1. The summed E-state index contributed by atoms with van der Waals surface area (Å²) in [6.45, 7) is 17.1. The molecule has 4 unspecified atom stereocenters. The highest BCUT2D eigenvalue weighted by Crippen LogP contribution is 2.54. The van der Waals surface area contributed by atoms with Gasteiger partial charge in [0.2, 0.25) is 0 Å². The molecule has 0 heterocycles. The van der Waals surface area contributed by atoms with Crippen LogP contribution in [0.5, 0.6) is 46.0 Å². The third-order valence-corrected chi connectivity index (χ3v) is 20.1. The molecular formula is C88H128O17. The standard InChI is InChI=1S/C88H128O17/c1-12-16-20-24-28-32-36-40-44-48-68-72-52-73(81(99-61(5)89)56-80(72)98-60-88(96)97)69(49-45-41-37-33-29-25-21-17-13-2)76-54-77(85(103-65(9)93)58-84(76)102-64(8)92)71(51-47-43-39-35-31-27-23-19-15-4)79-55-78(86(104-66(10)94)59-87(79)105-67(11)95)70(50-46-42-38-34-30-26-22-18-14-3)75-53-74(68)82(100-62(6)90)57-83(75)101-63(7)91/h52-59,68-71H,12-51,60H2,1-11H3,(H,96,97). The summed E-state index contributed by atoms with van der Waals surface area (Å²) in [5.41, 5.74) is 3.75. The van der Waals surface area contributed by atoms with E-state index in [9.17, 15) is 43.5 Å². The molecule has 1 N–H and O–H groups in total. The summed E-state index contributed by atoms with van der Waals surface area (Å²) in [6, 6.07) is 13.9. The number of unbranched alkanes of at least 4 members (excludes halogenated alkanes) is 32. The number of hydrogen-bond donors (Lipinski definition) is 1. The fraction of sp³-hybridized carbons (Fsp3) is 0.636. The second-order valence-corrected chi connectivity index (χ2v) is 29.2. The van der Waals surface area contributed by atoms with Crippen LogP contribution in [0.25, 0.3) is 0 Å². The van der Waals surface area contributed by atoms with Crippen molar-refractivity contribution in [1.29, 1.82) is 0 Å². The molecule has 0 fully saturated rings. The Morgan fingerprint density at radius 1 is 0.238 bits per heavy atom. The van der Waals surface area contributed by atoms with Crippen LogP contribution >= 0.6 is 0 Å². The van der Waals surface area contributed by atoms with E-state index in [1.807, 2.05) is 24.3 Å². The van der Waals surface area contributed by atoms with Crippen LogP contribution in [-0.2, 0) is 38.4 Å². The van der Waals surface area contributed by atoms with E-state index in [-0.39, 0.29) is 46.0 Å². The van der Waals surface area contributed by atoms with Gasteiger partial charge in [0.25, 0.3) is 0 Å². The van der Waals surface area contributed by atoms with Gasteiger partial charge in [0, 0.05) is 141 Å². The number of rotatable bonds is 50. The van der Waals surface area contributed by atoms with E-state index >= 15 is 0 Å². The first-order valence-electron chi connectivity index (χ1n) is 40.5. The summed E-state index contributed by atoms with van der Waals surface area (Å²) in [6.07, 6.45) is 37.8. The Balaban J connectivity index is 2.13. The molecule has 0 amide bonds. The predicted octanol–water partition coefficient (Wildman–Crippen LogP) is 23.2. The quantitative estimate of drug-likeness (QED) is 0.0246. The lowest BCUT2D eigenvalue weighted by atomic mass is 9.76. The topological polar surface area (TPSA) is 231 Å². The normalized spacial score (nSPS) is 14.6. The average Bonchev–Trinajstić information content (AvgIpc) is 0.770. The zero-order valence-corrected chi connectivity index (χ0v) is 65.9. The average molecular weight is 1460 g/mol. The first-order chi connectivity index (χ1) is 50.6. The van der Waals surface area contributed by atoms with E-state index in [1.165, 1.54) is 87.0 Å². The van der Waals surface area contributed by atoms with Crippen LogP contribution in [0.4, 0.5) is 0 Å². The van der Waals surface area contributed by atoms with Crippen LogP contribution in [0.2, 0.25) is 0 Å². The summed E-state index contributed by atoms with van der Waals surface area (Å²) in [7, 11) is 0. The molecule has 5 rings (SSSR count). The van der Waals surface area contributed by atoms with Crippen LogP contribution < -0.4 is 37.9 Å². The smallest absolute Gasteiger partial charge is 0.341 e. The summed E-state index contributed by atoms with van der Waals surface area (Å²) < 4.78 is 50.9. The summed E-state index contributed by atoms with van der Waals surface area (Å²) in [4.78, 5) is 110. The van der Waals surface area contributed by atoms with E-state index in [4.69, 9.17) is 37.9 Å². The van der Waals surface area contributed by atoms with E-state index in [1.54, 1.807) is 24.3 Å². The second-order valence-electron chi connectivity index (χ2n) is 29.2. The van der Waals surface area contributed by atoms with Crippen molar-refractivity contribution in [1.82, 2.24) is 0 Å². The molecule has 4 aromatic carbocycles. The van der Waals surface area contributed by atoms with Gasteiger partial charge in [0.1, 0.15) is 46.0 Å². The van der Waals surface area contributed by atoms with Gasteiger partial charge in [0.05, 0.1) is 0 Å². The zero-order chi connectivity index (χ0) is 76.5. The molecule has 1 aliphatic carbocycles. The number of hydrogen-bond acceptors (Lipinski definition) is 16. The maximum Gasteiger partial charge on any atom is 0.341 e. The third-order valence-electron chi connectivity index (χ3n) is 20.1. The summed E-state index contributed by atoms with van der Waals surface area (Å²) in [5, 5.41) is 10.5. The molecule has 0 saturated carbocycles. The Bertz CT molecular complexity index is 3360. The maximum atomic E-state index is 13.8. The minimum absolute atomic E-state index is 0.0520. The van der Waals surface area contributed by atoms with Gasteiger partial charge >= 0.3 is 47.8 Å². The third kappa shape index (κ3) is 31.4. The van der Waals surface area contributed by atoms with Gasteiger partial charge in [-0.05, 0) is 49.9 Å². The van der Waals surface area contributed by atoms with E-state index < -0.39 is 78.0 Å². The number of carboxylic acid groups (broad SMARTS) is 1. The molecule has 4 aromatic rings. The Hall–Kier alpha value is -7.56. The Kier molecular flexibility index (Phi) is 41.4. The number of benzene rings is 4. The van der Waals surface area contributed by atoms with E-state index in [2.05, 4.69) is 27.7 Å². The molecule has 0 spiro atoms. The molecule has 17 heteroatoms. The number of carboxylic acids is 1. The molecule has 105 heavy (non-hydrogen) atoms. The van der Waals surface area contributed by atoms with Gasteiger partial charge in [-0.25, -0.2) is 4.79 Å². The van der Waals surface area contributed by atoms with Gasteiger partial charge in [-0.2, -0.15) is 0 Å². The van der Waals surface area contributed by atoms with Gasteiger partial charge in [-0.3, -0.25) is 33.6 Å². The lowest BCUT2D eigenvalue weighted by Crippen LogP contribution is -2.19. The molecule has 582 valence electrons. The fourth-order valence-corrected chi connectivity index (χ4v) is 15.1. The van der Waals surface area contributed by atoms with Crippen LogP contribution in [0, 0.1) is 0 Å². The van der Waals surface area contributed by atoms with Crippen molar-refractivity contribution in [3.05, 3.63) is 93.0 Å². The van der Waals surface area contributed by atoms with Crippen molar-refractivity contribution in [2.45, 2.75) is 357 Å². The fourth-order valence-electron chi connectivity index (χ4n) is 15.1. The second kappa shape index (κ2) is 49.3. The summed E-state index contributed by atoms with van der Waals surface area (Å²) >= 11 is 0. The molecule has 17 nitrogen and oxygen atoms in total. The highest BCUT2D eigenvalue weighted by atomic mass is 16.6. The van der Waals surface area contributed by atoms with Crippen LogP contribution in [0.3, 0.4) is 0 Å². The van der Waals surface area contributed by atoms with Crippen molar-refractivity contribution < 1.29 is 81.4 Å². The van der Waals surface area contributed by atoms with Crippen molar-refractivity contribution >= 4 is 47.8 Å². The SMILES string of the molecule is CCCCCCCCCCCC1c2cc(c(OC(C)=O)cc2OCC(=O)O)C(CCCCCCCCCCC)c2cc(c(OC(C)=O)cc2OC(C)=O)C(CCCCCCCCCCC)c2cc(c(OC(C)=O)cc2OC(C)=O)C(CCCCCCCCCCC)c2cc1c(OC(C)=O)cc2OC(C)=O. The lowest BCUT2D eigenvalue weighted by molar-refractivity contribution is -0.139. The minimum atomic E-state index is -1.27. The molecule has 0 saturated heterocycles. The number of fused-ring (bicyclic) bond motifs is 8. The van der Waals surface area contributed by atoms with Gasteiger partial charge < -0.3 is 43.0 Å². The molecule has 0 radical (unpaired) electrons. The molecule has 8 bridgehead atoms. The highest BCUT2D eigenvalue weighted by molar-refractivity contribution is 5.78. The van der Waals surface area contributed by atoms with Crippen LogP contribution in [0.1, 0.15) is 401 Å². The highest BCUT2D eigenvalue weighted by Gasteiger charge is 2.37. The molecule has 0 aliphatic heterocycles. The van der Waals surface area contributed by atoms with Crippen molar-refractivity contribution in [2.24, 2.45) is 0 Å². The largest absolute Gasteiger partial charge is 0.481 e. The number of ether oxygens (including phenoxy) is 8. The first-order valence-corrected chi connectivity index (χ1v) is 40.5. The van der Waals surface area contributed by atoms with E-state index in [0.717, 1.165) is 167 Å². The minimum Gasteiger partial charge on any atom is -0.481 e. The zero-order valence-electron chi connectivity index (χ0n) is 65.9. The molecule has 1 aliphatic rings. The van der Waals surface area contributed by atoms with Gasteiger partial charge in [-0.1, -0.05) is 259 Å². The van der Waals surface area contributed by atoms with Crippen molar-refractivity contribution in [3.8, 4) is 46.0 Å². The molecule has 0 aromatic heterocycles. The van der Waals surface area contributed by atoms with Crippen LogP contribution in [0.15, 0.2) is 48.5 Å². The Morgan fingerprint density at radius 2 is 0.390 bits per heavy atom. The maximum absolute atomic E-state index is 13.8. The number of carbonyl (C=O) groups is 8. The molecule has 4 atom stereocenters. The molecular weight excluding hydrogens is 1330 g/mol. The number of esters is 7. The lowest BCUT2D eigenvalue weighted by Gasteiger charge is -2.31. The number of carbonyl (C=O) groups excluding carboxylic acids is 7. The van der Waals surface area contributed by atoms with Gasteiger partial charge in [-0.15, -0.1) is 0 Å². The first kappa shape index (κ1) is 88.1. The van der Waals surface area contributed by atoms with Gasteiger partial charge in [0.15, 0.2) is 6.61 Å². The summed E-state index contributed by atoms with van der Waals surface area (Å²) in [5.74, 6) is -8.65. The van der Waals surface area contributed by atoms with Crippen molar-refractivity contribution in [3.63, 3.8) is 0 Å². The van der Waals surface area contributed by atoms with E-state index in [0.29, 0.717) is 95.9 Å².